The molecule has 2 aromatic carbocycles. The topological polar surface area (TPSA) is 79.3 Å². The summed E-state index contributed by atoms with van der Waals surface area (Å²) in [6.45, 7) is 1.44. The number of carbonyl (C=O) groups is 2. The van der Waals surface area contributed by atoms with Crippen LogP contribution in [-0.2, 0) is 4.79 Å². The Morgan fingerprint density at radius 2 is 1.50 bits per heavy atom. The van der Waals surface area contributed by atoms with E-state index in [0.717, 1.165) is 0 Å². The Morgan fingerprint density at radius 1 is 1.00 bits per heavy atom. The monoisotopic (exact) mass is 294 g/mol. The van der Waals surface area contributed by atoms with Gasteiger partial charge in [0, 0.05) is 10.8 Å². The zero-order valence-electron chi connectivity index (χ0n) is 11.9. The van der Waals surface area contributed by atoms with Crippen LogP contribution in [0.2, 0.25) is 0 Å². The van der Waals surface area contributed by atoms with E-state index >= 15 is 0 Å². The lowest BCUT2D eigenvalue weighted by Gasteiger charge is -2.13. The van der Waals surface area contributed by atoms with Crippen molar-refractivity contribution in [3.05, 3.63) is 54.1 Å². The van der Waals surface area contributed by atoms with Gasteiger partial charge in [0.2, 0.25) is 0 Å². The van der Waals surface area contributed by atoms with Crippen molar-refractivity contribution in [3.63, 3.8) is 0 Å². The van der Waals surface area contributed by atoms with Gasteiger partial charge in [0.1, 0.15) is 6.04 Å². The second kappa shape index (κ2) is 5.44. The summed E-state index contributed by atoms with van der Waals surface area (Å²) < 4.78 is 0. The molecule has 0 aliphatic carbocycles. The molecule has 0 saturated heterocycles. The number of carboxylic acids is 1. The van der Waals surface area contributed by atoms with Crippen molar-refractivity contribution in [3.8, 4) is 0 Å². The number of fused-ring (bicyclic) bond motifs is 2. The molecule has 1 atom stereocenters. The molecule has 1 amide bonds. The highest BCUT2D eigenvalue weighted by molar-refractivity contribution is 6.16. The van der Waals surface area contributed by atoms with Gasteiger partial charge in [-0.05, 0) is 19.1 Å². The molecular formula is C17H14N2O3. The van der Waals surface area contributed by atoms with Gasteiger partial charge in [-0.1, -0.05) is 36.4 Å². The fraction of sp³-hybridized carbons (Fsp3) is 0.118. The number of carbonyl (C=O) groups excluding carboxylic acids is 1. The van der Waals surface area contributed by atoms with Crippen LogP contribution in [0.4, 0.5) is 0 Å². The maximum Gasteiger partial charge on any atom is 0.325 e. The van der Waals surface area contributed by atoms with E-state index in [9.17, 15) is 9.59 Å². The largest absolute Gasteiger partial charge is 0.480 e. The Kier molecular flexibility index (Phi) is 3.47. The molecule has 0 spiro atoms. The normalized spacial score (nSPS) is 12.2. The highest BCUT2D eigenvalue weighted by atomic mass is 16.4. The minimum atomic E-state index is -1.07. The number of benzene rings is 2. The quantitative estimate of drug-likeness (QED) is 0.728. The highest BCUT2D eigenvalue weighted by Gasteiger charge is 2.20. The molecule has 0 aliphatic heterocycles. The number of rotatable bonds is 3. The van der Waals surface area contributed by atoms with Gasteiger partial charge >= 0.3 is 5.97 Å². The van der Waals surface area contributed by atoms with Crippen LogP contribution in [0.1, 0.15) is 17.3 Å². The molecule has 0 bridgehead atoms. The van der Waals surface area contributed by atoms with Crippen molar-refractivity contribution in [2.24, 2.45) is 0 Å². The third-order valence-electron chi connectivity index (χ3n) is 3.53. The molecule has 1 heterocycles. The van der Waals surface area contributed by atoms with Gasteiger partial charge in [-0.2, -0.15) is 0 Å². The molecule has 0 radical (unpaired) electrons. The maximum absolute atomic E-state index is 12.6. The van der Waals surface area contributed by atoms with Crippen LogP contribution < -0.4 is 5.32 Å². The first kappa shape index (κ1) is 14.0. The molecule has 3 aromatic rings. The van der Waals surface area contributed by atoms with E-state index in [0.29, 0.717) is 27.4 Å². The van der Waals surface area contributed by atoms with Gasteiger partial charge in [-0.3, -0.25) is 9.59 Å². The summed E-state index contributed by atoms with van der Waals surface area (Å²) in [5, 5.41) is 12.9. The third kappa shape index (κ3) is 2.37. The molecule has 0 unspecified atom stereocenters. The summed E-state index contributed by atoms with van der Waals surface area (Å²) in [6, 6.07) is 13.7. The van der Waals surface area contributed by atoms with Gasteiger partial charge in [-0.15, -0.1) is 0 Å². The predicted molar refractivity (Wildman–Crippen MR) is 83.8 cm³/mol. The fourth-order valence-electron chi connectivity index (χ4n) is 2.42. The molecular weight excluding hydrogens is 280 g/mol. The Labute approximate surface area is 126 Å². The Bertz CT molecular complexity index is 835. The number of amides is 1. The highest BCUT2D eigenvalue weighted by Crippen LogP contribution is 2.25. The summed E-state index contributed by atoms with van der Waals surface area (Å²) >= 11 is 0. The van der Waals surface area contributed by atoms with E-state index < -0.39 is 17.9 Å². The number of hydrogen-bond donors (Lipinski definition) is 2. The average molecular weight is 294 g/mol. The Morgan fingerprint density at radius 3 is 2.00 bits per heavy atom. The van der Waals surface area contributed by atoms with Crippen LogP contribution in [0.15, 0.2) is 48.5 Å². The molecule has 3 rings (SSSR count). The molecule has 0 saturated carbocycles. The van der Waals surface area contributed by atoms with E-state index in [1.807, 2.05) is 48.5 Å². The van der Waals surface area contributed by atoms with Crippen LogP contribution >= 0.6 is 0 Å². The first-order valence-electron chi connectivity index (χ1n) is 6.89. The van der Waals surface area contributed by atoms with Crippen molar-refractivity contribution in [2.75, 3.05) is 0 Å². The number of para-hydroxylation sites is 2. The van der Waals surface area contributed by atoms with E-state index in [-0.39, 0.29) is 0 Å². The third-order valence-corrected chi connectivity index (χ3v) is 3.53. The smallest absolute Gasteiger partial charge is 0.325 e. The number of pyridine rings is 1. The Hall–Kier alpha value is -2.95. The lowest BCUT2D eigenvalue weighted by atomic mass is 10.0. The van der Waals surface area contributed by atoms with Crippen LogP contribution in [-0.4, -0.2) is 28.0 Å². The molecule has 1 aromatic heterocycles. The van der Waals surface area contributed by atoms with Crippen LogP contribution in [0.25, 0.3) is 21.8 Å². The zero-order chi connectivity index (χ0) is 15.7. The van der Waals surface area contributed by atoms with Crippen molar-refractivity contribution in [1.82, 2.24) is 10.3 Å². The summed E-state index contributed by atoms with van der Waals surface area (Å²) in [4.78, 5) is 28.1. The molecule has 110 valence electrons. The minimum absolute atomic E-state index is 0.412. The van der Waals surface area contributed by atoms with Crippen molar-refractivity contribution < 1.29 is 14.7 Å². The van der Waals surface area contributed by atoms with Crippen molar-refractivity contribution in [1.29, 1.82) is 0 Å². The van der Waals surface area contributed by atoms with E-state index in [1.54, 1.807) is 0 Å². The second-order valence-corrected chi connectivity index (χ2v) is 5.05. The fourth-order valence-corrected chi connectivity index (χ4v) is 2.42. The van der Waals surface area contributed by atoms with Gasteiger partial charge in [0.25, 0.3) is 5.91 Å². The summed E-state index contributed by atoms with van der Waals surface area (Å²) in [5.74, 6) is -1.49. The van der Waals surface area contributed by atoms with Gasteiger partial charge < -0.3 is 10.4 Å². The van der Waals surface area contributed by atoms with Gasteiger partial charge in [0.05, 0.1) is 16.6 Å². The number of nitrogens with zero attached hydrogens (tertiary/aromatic N) is 1. The molecule has 22 heavy (non-hydrogen) atoms. The number of aromatic nitrogens is 1. The van der Waals surface area contributed by atoms with Gasteiger partial charge in [-0.25, -0.2) is 4.98 Å². The number of hydrogen-bond acceptors (Lipinski definition) is 3. The second-order valence-electron chi connectivity index (χ2n) is 5.05. The number of carboxylic acid groups (broad SMARTS) is 1. The predicted octanol–water partition coefficient (Wildman–Crippen LogP) is 2.59. The lowest BCUT2D eigenvalue weighted by Crippen LogP contribution is -2.38. The minimum Gasteiger partial charge on any atom is -0.480 e. The van der Waals surface area contributed by atoms with Crippen LogP contribution in [0, 0.1) is 0 Å². The standard InChI is InChI=1S/C17H14N2O3/c1-10(17(21)22)18-16(20)15-11-6-2-4-8-13(11)19-14-9-5-3-7-12(14)15/h2-10H,1H3,(H,18,20)(H,21,22)/t10-/m0/s1. The zero-order valence-corrected chi connectivity index (χ0v) is 11.9. The molecule has 5 nitrogen and oxygen atoms in total. The van der Waals surface area contributed by atoms with Crippen molar-refractivity contribution >= 4 is 33.7 Å². The summed E-state index contributed by atoms with van der Waals surface area (Å²) in [7, 11) is 0. The molecule has 2 N–H and O–H groups in total. The number of nitrogens with one attached hydrogen (secondary N) is 1. The first-order valence-corrected chi connectivity index (χ1v) is 6.89. The molecule has 0 fully saturated rings. The first-order chi connectivity index (χ1) is 10.6. The van der Waals surface area contributed by atoms with E-state index in [2.05, 4.69) is 10.3 Å². The van der Waals surface area contributed by atoms with Crippen LogP contribution in [0.5, 0.6) is 0 Å². The van der Waals surface area contributed by atoms with E-state index in [1.165, 1.54) is 6.92 Å². The van der Waals surface area contributed by atoms with Crippen LogP contribution in [0.3, 0.4) is 0 Å². The van der Waals surface area contributed by atoms with Gasteiger partial charge in [0.15, 0.2) is 0 Å². The van der Waals surface area contributed by atoms with Crippen molar-refractivity contribution in [2.45, 2.75) is 13.0 Å². The lowest BCUT2D eigenvalue weighted by molar-refractivity contribution is -0.138. The SMILES string of the molecule is C[C@H](NC(=O)c1c2ccccc2nc2ccccc12)C(=O)O. The number of aliphatic carboxylic acids is 1. The maximum atomic E-state index is 12.6. The molecule has 5 heteroatoms. The summed E-state index contributed by atoms with van der Waals surface area (Å²) in [5.41, 5.74) is 1.86. The molecule has 0 aliphatic rings. The van der Waals surface area contributed by atoms with E-state index in [4.69, 9.17) is 5.11 Å². The average Bonchev–Trinajstić information content (AvgIpc) is 2.52. The summed E-state index contributed by atoms with van der Waals surface area (Å²) in [6.07, 6.45) is 0. The Balaban J connectivity index is 2.24.